The van der Waals surface area contributed by atoms with Gasteiger partial charge in [0, 0.05) is 0 Å². The Balaban J connectivity index is 2.61. The number of hydrogen-bond acceptors (Lipinski definition) is 2. The van der Waals surface area contributed by atoms with Gasteiger partial charge in [0.2, 0.25) is 0 Å². The van der Waals surface area contributed by atoms with Gasteiger partial charge in [0.25, 0.3) is 0 Å². The molecule has 0 heterocycles. The summed E-state index contributed by atoms with van der Waals surface area (Å²) in [6, 6.07) is 0. The van der Waals surface area contributed by atoms with Crippen molar-refractivity contribution in [2.45, 2.75) is 20.8 Å². The predicted octanol–water partition coefficient (Wildman–Crippen LogP) is 3.70. The lowest BCUT2D eigenvalue weighted by atomic mass is 10.1. The Bertz CT molecular complexity index is 328. The van der Waals surface area contributed by atoms with E-state index in [-0.39, 0.29) is 27.7 Å². The van der Waals surface area contributed by atoms with Crippen LogP contribution in [0.3, 0.4) is 0 Å². The largest absolute Gasteiger partial charge is 0.466 e. The van der Waals surface area contributed by atoms with E-state index in [1.165, 1.54) is 0 Å². The van der Waals surface area contributed by atoms with E-state index < -0.39 is 0 Å². The van der Waals surface area contributed by atoms with Gasteiger partial charge < -0.3 is 4.74 Å². The molecule has 0 radical (unpaired) electrons. The monoisotopic (exact) mass is 262 g/mol. The van der Waals surface area contributed by atoms with Crippen LogP contribution >= 0.6 is 23.2 Å². The maximum atomic E-state index is 11.6. The molecule has 1 fully saturated rings. The molecule has 0 aromatic carbocycles. The Morgan fingerprint density at radius 1 is 1.44 bits per heavy atom. The molecule has 2 unspecified atom stereocenters. The SMILES string of the molecule is CCOC(=O)C1C(C=CC=C(Cl)Cl)C1(C)C. The molecule has 2 atom stereocenters. The molecule has 0 aromatic heterocycles. The first-order valence-electron chi connectivity index (χ1n) is 5.27. The fraction of sp³-hybridized carbons (Fsp3) is 0.583. The molecule has 0 aliphatic heterocycles. The smallest absolute Gasteiger partial charge is 0.310 e. The van der Waals surface area contributed by atoms with Crippen LogP contribution in [0.2, 0.25) is 0 Å². The standard InChI is InChI=1S/C12H16Cl2O2/c1-4-16-11(15)10-8(12(10,2)3)6-5-7-9(13)14/h5-8,10H,4H2,1-3H3. The molecule has 1 aliphatic carbocycles. The predicted molar refractivity (Wildman–Crippen MR) is 66.3 cm³/mol. The van der Waals surface area contributed by atoms with E-state index in [0.717, 1.165) is 0 Å². The molecule has 16 heavy (non-hydrogen) atoms. The molecule has 1 rings (SSSR count). The van der Waals surface area contributed by atoms with Crippen LogP contribution in [-0.2, 0) is 9.53 Å². The molecule has 0 amide bonds. The number of ether oxygens (including phenoxy) is 1. The van der Waals surface area contributed by atoms with Crippen LogP contribution in [0.15, 0.2) is 22.7 Å². The van der Waals surface area contributed by atoms with Gasteiger partial charge in [-0.05, 0) is 24.3 Å². The molecule has 2 nitrogen and oxygen atoms in total. The Hall–Kier alpha value is -0.470. The zero-order chi connectivity index (χ0) is 12.3. The summed E-state index contributed by atoms with van der Waals surface area (Å²) in [7, 11) is 0. The van der Waals surface area contributed by atoms with Crippen molar-refractivity contribution in [3.05, 3.63) is 22.7 Å². The van der Waals surface area contributed by atoms with Crippen LogP contribution in [0.5, 0.6) is 0 Å². The first kappa shape index (κ1) is 13.6. The van der Waals surface area contributed by atoms with E-state index in [1.54, 1.807) is 12.2 Å². The summed E-state index contributed by atoms with van der Waals surface area (Å²) < 4.78 is 5.23. The minimum Gasteiger partial charge on any atom is -0.466 e. The number of halogens is 2. The summed E-state index contributed by atoms with van der Waals surface area (Å²) in [6.07, 6.45) is 5.33. The average Bonchev–Trinajstić information content (AvgIpc) is 2.68. The van der Waals surface area contributed by atoms with Crippen molar-refractivity contribution < 1.29 is 9.53 Å². The fourth-order valence-corrected chi connectivity index (χ4v) is 2.11. The van der Waals surface area contributed by atoms with E-state index in [2.05, 4.69) is 13.8 Å². The summed E-state index contributed by atoms with van der Waals surface area (Å²) in [6.45, 7) is 6.34. The second kappa shape index (κ2) is 5.24. The van der Waals surface area contributed by atoms with Crippen molar-refractivity contribution in [3.8, 4) is 0 Å². The number of carbonyl (C=O) groups is 1. The number of rotatable bonds is 4. The third-order valence-corrected chi connectivity index (χ3v) is 3.24. The first-order chi connectivity index (χ1) is 7.41. The minimum atomic E-state index is -0.122. The van der Waals surface area contributed by atoms with Gasteiger partial charge in [0.1, 0.15) is 4.49 Å². The maximum Gasteiger partial charge on any atom is 0.310 e. The summed E-state index contributed by atoms with van der Waals surface area (Å²) in [5.74, 6) is 0.0322. The molecule has 1 aliphatic rings. The lowest BCUT2D eigenvalue weighted by molar-refractivity contribution is -0.145. The highest BCUT2D eigenvalue weighted by atomic mass is 35.5. The Morgan fingerprint density at radius 3 is 2.56 bits per heavy atom. The van der Waals surface area contributed by atoms with Crippen LogP contribution in [0.25, 0.3) is 0 Å². The highest BCUT2D eigenvalue weighted by Gasteiger charge is 2.61. The van der Waals surface area contributed by atoms with Gasteiger partial charge in [-0.15, -0.1) is 0 Å². The minimum absolute atomic E-state index is 0.0324. The summed E-state index contributed by atoms with van der Waals surface area (Å²) in [5.41, 5.74) is -0.0324. The van der Waals surface area contributed by atoms with Crippen molar-refractivity contribution in [1.82, 2.24) is 0 Å². The van der Waals surface area contributed by atoms with Gasteiger partial charge in [-0.1, -0.05) is 49.2 Å². The summed E-state index contributed by atoms with van der Waals surface area (Å²) >= 11 is 11.0. The third kappa shape index (κ3) is 3.02. The highest BCUT2D eigenvalue weighted by molar-refractivity contribution is 6.55. The number of allylic oxidation sites excluding steroid dienone is 3. The summed E-state index contributed by atoms with van der Waals surface area (Å²) in [4.78, 5) is 11.6. The van der Waals surface area contributed by atoms with Gasteiger partial charge in [0.15, 0.2) is 0 Å². The van der Waals surface area contributed by atoms with Crippen LogP contribution in [0.1, 0.15) is 20.8 Å². The quantitative estimate of drug-likeness (QED) is 0.571. The molecule has 0 bridgehead atoms. The molecule has 90 valence electrons. The van der Waals surface area contributed by atoms with Crippen LogP contribution < -0.4 is 0 Å². The third-order valence-electron chi connectivity index (χ3n) is 2.99. The van der Waals surface area contributed by atoms with Crippen LogP contribution in [0.4, 0.5) is 0 Å². The molecule has 4 heteroatoms. The Kier molecular flexibility index (Phi) is 4.45. The second-order valence-electron chi connectivity index (χ2n) is 4.42. The molecule has 0 saturated heterocycles. The van der Waals surface area contributed by atoms with E-state index in [9.17, 15) is 4.79 Å². The van der Waals surface area contributed by atoms with E-state index >= 15 is 0 Å². The van der Waals surface area contributed by atoms with Gasteiger partial charge in [0.05, 0.1) is 12.5 Å². The summed E-state index contributed by atoms with van der Waals surface area (Å²) in [5, 5.41) is 0. The second-order valence-corrected chi connectivity index (χ2v) is 5.43. The zero-order valence-corrected chi connectivity index (χ0v) is 11.2. The van der Waals surface area contributed by atoms with Crippen LogP contribution in [0, 0.1) is 17.3 Å². The average molecular weight is 263 g/mol. The molecular formula is C12H16Cl2O2. The molecular weight excluding hydrogens is 247 g/mol. The molecule has 1 saturated carbocycles. The highest BCUT2D eigenvalue weighted by Crippen LogP contribution is 2.59. The topological polar surface area (TPSA) is 26.3 Å². The Morgan fingerprint density at radius 2 is 2.06 bits per heavy atom. The van der Waals surface area contributed by atoms with Crippen molar-refractivity contribution in [3.63, 3.8) is 0 Å². The van der Waals surface area contributed by atoms with Gasteiger partial charge in [-0.25, -0.2) is 0 Å². The van der Waals surface area contributed by atoms with Crippen molar-refractivity contribution in [2.24, 2.45) is 17.3 Å². The molecule has 0 spiro atoms. The van der Waals surface area contributed by atoms with Gasteiger partial charge in [-0.3, -0.25) is 4.79 Å². The molecule has 0 N–H and O–H groups in total. The number of carbonyl (C=O) groups excluding carboxylic acids is 1. The number of hydrogen-bond donors (Lipinski definition) is 0. The zero-order valence-electron chi connectivity index (χ0n) is 9.67. The van der Waals surface area contributed by atoms with Gasteiger partial charge >= 0.3 is 5.97 Å². The van der Waals surface area contributed by atoms with Gasteiger partial charge in [-0.2, -0.15) is 0 Å². The van der Waals surface area contributed by atoms with E-state index in [0.29, 0.717) is 6.61 Å². The Labute approximate surface area is 106 Å². The van der Waals surface area contributed by atoms with Crippen molar-refractivity contribution in [1.29, 1.82) is 0 Å². The van der Waals surface area contributed by atoms with E-state index in [1.807, 2.05) is 13.0 Å². The van der Waals surface area contributed by atoms with Crippen LogP contribution in [-0.4, -0.2) is 12.6 Å². The first-order valence-corrected chi connectivity index (χ1v) is 6.03. The van der Waals surface area contributed by atoms with Crippen molar-refractivity contribution >= 4 is 29.2 Å². The molecule has 0 aromatic rings. The lowest BCUT2D eigenvalue weighted by Gasteiger charge is -2.01. The fourth-order valence-electron chi connectivity index (χ4n) is 1.97. The van der Waals surface area contributed by atoms with Crippen molar-refractivity contribution in [2.75, 3.05) is 6.61 Å². The van der Waals surface area contributed by atoms with E-state index in [4.69, 9.17) is 27.9 Å². The lowest BCUT2D eigenvalue weighted by Crippen LogP contribution is -2.10. The normalized spacial score (nSPS) is 26.6. The number of esters is 1. The maximum absolute atomic E-state index is 11.6.